The molecule has 0 aliphatic carbocycles. The van der Waals surface area contributed by atoms with Crippen LogP contribution in [0, 0.1) is 6.92 Å². The lowest BCUT2D eigenvalue weighted by Crippen LogP contribution is -2.00. The van der Waals surface area contributed by atoms with E-state index in [0.29, 0.717) is 6.04 Å². The van der Waals surface area contributed by atoms with Crippen LogP contribution in [-0.2, 0) is 0 Å². The fourth-order valence-corrected chi connectivity index (χ4v) is 3.34. The molecule has 2 heteroatoms. The second-order valence-electron chi connectivity index (χ2n) is 6.86. The summed E-state index contributed by atoms with van der Waals surface area (Å²) >= 11 is 0. The van der Waals surface area contributed by atoms with E-state index in [9.17, 15) is 0 Å². The van der Waals surface area contributed by atoms with E-state index >= 15 is 0 Å². The van der Waals surface area contributed by atoms with Gasteiger partial charge in [-0.15, -0.1) is 0 Å². The van der Waals surface area contributed by atoms with Gasteiger partial charge in [0.1, 0.15) is 0 Å². The van der Waals surface area contributed by atoms with Gasteiger partial charge in [0.15, 0.2) is 0 Å². The first-order valence-electron chi connectivity index (χ1n) is 8.55. The van der Waals surface area contributed by atoms with Gasteiger partial charge in [0.25, 0.3) is 0 Å². The number of aryl methyl sites for hydroxylation is 1. The van der Waals surface area contributed by atoms with Crippen molar-refractivity contribution in [3.05, 3.63) is 77.6 Å². The summed E-state index contributed by atoms with van der Waals surface area (Å²) < 4.78 is 2.31. The fraction of sp³-hybridized carbons (Fsp3) is 0.227. The van der Waals surface area contributed by atoms with Crippen LogP contribution < -0.4 is 0 Å². The maximum Gasteiger partial charge on any atom is 0.0520 e. The van der Waals surface area contributed by atoms with Crippen molar-refractivity contribution in [1.29, 1.82) is 0 Å². The second kappa shape index (κ2) is 5.79. The Morgan fingerprint density at radius 3 is 2.46 bits per heavy atom. The molecule has 0 fully saturated rings. The predicted molar refractivity (Wildman–Crippen MR) is 103 cm³/mol. The number of rotatable bonds is 3. The van der Waals surface area contributed by atoms with E-state index in [-0.39, 0.29) is 0 Å². The van der Waals surface area contributed by atoms with Crippen molar-refractivity contribution in [2.45, 2.75) is 33.2 Å². The van der Waals surface area contributed by atoms with Crippen LogP contribution in [0.1, 0.15) is 43.0 Å². The Balaban J connectivity index is 1.60. The molecule has 2 heterocycles. The van der Waals surface area contributed by atoms with Gasteiger partial charge in [-0.2, -0.15) is 0 Å². The van der Waals surface area contributed by atoms with Crippen LogP contribution in [0.3, 0.4) is 0 Å². The zero-order valence-electron chi connectivity index (χ0n) is 14.5. The van der Waals surface area contributed by atoms with E-state index < -0.39 is 0 Å². The van der Waals surface area contributed by atoms with Crippen LogP contribution in [0.4, 0.5) is 0 Å². The number of aromatic nitrogens is 1. The first-order chi connectivity index (χ1) is 11.6. The van der Waals surface area contributed by atoms with Gasteiger partial charge in [-0.25, -0.2) is 0 Å². The highest BCUT2D eigenvalue weighted by atomic mass is 15.0. The van der Waals surface area contributed by atoms with Crippen LogP contribution >= 0.6 is 0 Å². The Labute approximate surface area is 143 Å². The summed E-state index contributed by atoms with van der Waals surface area (Å²) in [4.78, 5) is 4.68. The van der Waals surface area contributed by atoms with Crippen molar-refractivity contribution >= 4 is 22.2 Å². The monoisotopic (exact) mass is 314 g/mol. The molecule has 0 saturated carbocycles. The van der Waals surface area contributed by atoms with Crippen molar-refractivity contribution in [3.8, 4) is 0 Å². The molecule has 0 spiro atoms. The quantitative estimate of drug-likeness (QED) is 0.584. The Morgan fingerprint density at radius 2 is 1.71 bits per heavy atom. The number of hydrogen-bond acceptors (Lipinski definition) is 1. The van der Waals surface area contributed by atoms with Crippen molar-refractivity contribution in [2.24, 2.45) is 4.99 Å². The third kappa shape index (κ3) is 2.58. The van der Waals surface area contributed by atoms with Gasteiger partial charge in [0, 0.05) is 35.8 Å². The summed E-state index contributed by atoms with van der Waals surface area (Å²) in [5.41, 5.74) is 7.53. The fourth-order valence-electron chi connectivity index (χ4n) is 3.34. The van der Waals surface area contributed by atoms with Crippen LogP contribution in [-0.4, -0.2) is 10.3 Å². The molecule has 0 N–H and O–H groups in total. The van der Waals surface area contributed by atoms with Gasteiger partial charge in [0.2, 0.25) is 0 Å². The highest BCUT2D eigenvalue weighted by molar-refractivity contribution is 6.10. The van der Waals surface area contributed by atoms with E-state index in [1.54, 1.807) is 0 Å². The topological polar surface area (TPSA) is 17.3 Å². The minimum atomic E-state index is 0.479. The summed E-state index contributed by atoms with van der Waals surface area (Å²) in [6.45, 7) is 6.55. The molecule has 0 atom stereocenters. The largest absolute Gasteiger partial charge is 0.345 e. The predicted octanol–water partition coefficient (Wildman–Crippen LogP) is 5.76. The van der Waals surface area contributed by atoms with Gasteiger partial charge in [-0.3, -0.25) is 4.99 Å². The van der Waals surface area contributed by atoms with Crippen LogP contribution in [0.5, 0.6) is 0 Å². The van der Waals surface area contributed by atoms with E-state index in [1.165, 1.54) is 33.2 Å². The number of benzene rings is 2. The minimum absolute atomic E-state index is 0.479. The lowest BCUT2D eigenvalue weighted by Gasteiger charge is -2.10. The number of allylic oxidation sites excluding steroid dienone is 1. The van der Waals surface area contributed by atoms with E-state index in [2.05, 4.69) is 85.1 Å². The van der Waals surface area contributed by atoms with Crippen molar-refractivity contribution in [1.82, 2.24) is 4.57 Å². The van der Waals surface area contributed by atoms with Gasteiger partial charge >= 0.3 is 0 Å². The normalized spacial score (nSPS) is 14.3. The smallest absolute Gasteiger partial charge is 0.0520 e. The van der Waals surface area contributed by atoms with E-state index in [1.807, 2.05) is 6.20 Å². The lowest BCUT2D eigenvalue weighted by molar-refractivity contribution is 0.623. The first-order valence-corrected chi connectivity index (χ1v) is 8.55. The van der Waals surface area contributed by atoms with Crippen molar-refractivity contribution in [3.63, 3.8) is 0 Å². The molecule has 24 heavy (non-hydrogen) atoms. The number of nitrogens with zero attached hydrogens (tertiary/aromatic N) is 2. The maximum atomic E-state index is 4.68. The maximum absolute atomic E-state index is 4.68. The molecule has 3 aromatic rings. The Kier molecular flexibility index (Phi) is 3.61. The van der Waals surface area contributed by atoms with Gasteiger partial charge < -0.3 is 4.57 Å². The van der Waals surface area contributed by atoms with Crippen LogP contribution in [0.15, 0.2) is 65.9 Å². The number of fused-ring (bicyclic) bond motifs is 1. The molecule has 0 radical (unpaired) electrons. The third-order valence-corrected chi connectivity index (χ3v) is 4.77. The van der Waals surface area contributed by atoms with Crippen molar-refractivity contribution in [2.75, 3.05) is 0 Å². The van der Waals surface area contributed by atoms with E-state index in [4.69, 9.17) is 0 Å². The molecule has 2 nitrogen and oxygen atoms in total. The zero-order valence-corrected chi connectivity index (χ0v) is 14.5. The molecule has 0 saturated heterocycles. The van der Waals surface area contributed by atoms with Gasteiger partial charge in [0.05, 0.1) is 5.71 Å². The SMILES string of the molecule is Cc1ccc(C2=CN=C(c3ccc4c(ccn4C(C)C)c3)C2)cc1. The summed E-state index contributed by atoms with van der Waals surface area (Å²) in [6.07, 6.45) is 5.09. The lowest BCUT2D eigenvalue weighted by atomic mass is 9.98. The molecular weight excluding hydrogens is 292 g/mol. The molecule has 1 aliphatic rings. The number of hydrogen-bond donors (Lipinski definition) is 0. The zero-order chi connectivity index (χ0) is 16.7. The molecular formula is C22H22N2. The highest BCUT2D eigenvalue weighted by Gasteiger charge is 2.15. The first kappa shape index (κ1) is 14.9. The molecule has 0 bridgehead atoms. The average Bonchev–Trinajstić information content (AvgIpc) is 3.22. The van der Waals surface area contributed by atoms with Crippen molar-refractivity contribution < 1.29 is 0 Å². The third-order valence-electron chi connectivity index (χ3n) is 4.77. The summed E-state index contributed by atoms with van der Waals surface area (Å²) in [5.74, 6) is 0. The van der Waals surface area contributed by atoms with Gasteiger partial charge in [-0.1, -0.05) is 35.9 Å². The molecule has 1 aromatic heterocycles. The molecule has 0 unspecified atom stereocenters. The Hall–Kier alpha value is -2.61. The molecule has 2 aromatic carbocycles. The summed E-state index contributed by atoms with van der Waals surface area (Å²) in [6, 6.07) is 18.1. The Bertz CT molecular complexity index is 953. The summed E-state index contributed by atoms with van der Waals surface area (Å²) in [5, 5.41) is 1.28. The van der Waals surface area contributed by atoms with Crippen LogP contribution in [0.25, 0.3) is 16.5 Å². The minimum Gasteiger partial charge on any atom is -0.345 e. The van der Waals surface area contributed by atoms with E-state index in [0.717, 1.165) is 12.1 Å². The van der Waals surface area contributed by atoms with Crippen LogP contribution in [0.2, 0.25) is 0 Å². The molecule has 4 rings (SSSR count). The number of aliphatic imine (C=N–C) groups is 1. The molecule has 0 amide bonds. The molecule has 1 aliphatic heterocycles. The summed E-state index contributed by atoms with van der Waals surface area (Å²) in [7, 11) is 0. The average molecular weight is 314 g/mol. The van der Waals surface area contributed by atoms with Gasteiger partial charge in [-0.05, 0) is 55.7 Å². The standard InChI is InChI=1S/C22H22N2/c1-15(2)24-11-10-19-12-18(8-9-22(19)24)21-13-20(14-23-21)17-6-4-16(3)5-7-17/h4-12,14-15H,13H2,1-3H3. The highest BCUT2D eigenvalue weighted by Crippen LogP contribution is 2.28. The Morgan fingerprint density at radius 1 is 0.958 bits per heavy atom. The second-order valence-corrected chi connectivity index (χ2v) is 6.86. The molecule has 120 valence electrons.